The average molecular weight is 563 g/mol. The Kier molecular flexibility index (Phi) is 8.82. The van der Waals surface area contributed by atoms with Crippen LogP contribution in [0.4, 0.5) is 5.82 Å². The number of aliphatic hydroxyl groups is 2. The number of nitrogens with zero attached hydrogens (tertiary/aromatic N) is 4. The zero-order valence-electron chi connectivity index (χ0n) is 18.0. The number of unbranched alkanes of at least 4 members (excludes halogenated alkanes) is 1. The number of rotatable bonds is 12. The normalized spacial score (nSPS) is 26.5. The molecule has 198 valence electrons. The van der Waals surface area contributed by atoms with Gasteiger partial charge in [-0.15, -0.1) is 0 Å². The van der Waals surface area contributed by atoms with Crippen molar-refractivity contribution in [3.05, 3.63) is 12.7 Å². The van der Waals surface area contributed by atoms with Gasteiger partial charge in [-0.2, -0.15) is 8.62 Å². The molecule has 6 atom stereocenters. The van der Waals surface area contributed by atoms with E-state index >= 15 is 0 Å². The first-order valence-corrected chi connectivity index (χ1v) is 14.5. The summed E-state index contributed by atoms with van der Waals surface area (Å²) < 4.78 is 52.5. The molecule has 1 fully saturated rings. The highest BCUT2D eigenvalue weighted by Gasteiger charge is 2.47. The molecular weight excluding hydrogens is 539 g/mol. The summed E-state index contributed by atoms with van der Waals surface area (Å²) in [5, 5.41) is 23.9. The third-order valence-electron chi connectivity index (χ3n) is 4.61. The SMILES string of the molecule is CCCCNc1ncnc2c1ncn2[C@@H]1O[C@H](COP(=O)(O)OP(=O)(O)OP(=O)(O)O)[C@@H](O)[C@H]1O. The minimum absolute atomic E-state index is 0.254. The van der Waals surface area contributed by atoms with Crippen LogP contribution >= 0.6 is 23.5 Å². The number of hydrogen-bond acceptors (Lipinski definition) is 13. The Morgan fingerprint density at radius 2 is 1.77 bits per heavy atom. The number of aliphatic hydroxyl groups excluding tert-OH is 2. The second kappa shape index (κ2) is 10.9. The predicted octanol–water partition coefficient (Wildman–Crippen LogP) is 0.000800. The maximum absolute atomic E-state index is 11.9. The second-order valence-corrected chi connectivity index (χ2v) is 11.7. The molecular formula is C14H24N5O13P3. The van der Waals surface area contributed by atoms with Crippen molar-refractivity contribution in [1.29, 1.82) is 0 Å². The number of anilines is 1. The van der Waals surface area contributed by atoms with Gasteiger partial charge in [0.15, 0.2) is 23.2 Å². The van der Waals surface area contributed by atoms with Crippen LogP contribution in [0.2, 0.25) is 0 Å². The summed E-state index contributed by atoms with van der Waals surface area (Å²) in [6, 6.07) is 0. The molecule has 0 aliphatic carbocycles. The van der Waals surface area contributed by atoms with Crippen molar-refractivity contribution in [2.75, 3.05) is 18.5 Å². The molecule has 18 nitrogen and oxygen atoms in total. The van der Waals surface area contributed by atoms with E-state index in [1.165, 1.54) is 17.2 Å². The maximum atomic E-state index is 11.9. The Hall–Kier alpha value is -1.36. The fourth-order valence-corrected chi connectivity index (χ4v) is 6.15. The average Bonchev–Trinajstić information content (AvgIpc) is 3.26. The topological polar surface area (TPSA) is 265 Å². The lowest BCUT2D eigenvalue weighted by molar-refractivity contribution is -0.0503. The van der Waals surface area contributed by atoms with Crippen LogP contribution in [0.15, 0.2) is 12.7 Å². The molecule has 3 heterocycles. The van der Waals surface area contributed by atoms with Gasteiger partial charge in [0.25, 0.3) is 0 Å². The largest absolute Gasteiger partial charge is 0.490 e. The van der Waals surface area contributed by atoms with Crippen LogP contribution in [-0.2, 0) is 31.6 Å². The lowest BCUT2D eigenvalue weighted by atomic mass is 10.1. The number of imidazole rings is 1. The number of fused-ring (bicyclic) bond motifs is 1. The molecule has 1 aliphatic rings. The van der Waals surface area contributed by atoms with E-state index in [0.717, 1.165) is 12.8 Å². The van der Waals surface area contributed by atoms with Crippen molar-refractivity contribution in [2.45, 2.75) is 44.3 Å². The molecule has 0 amide bonds. The molecule has 0 saturated carbocycles. The van der Waals surface area contributed by atoms with Gasteiger partial charge < -0.3 is 39.8 Å². The minimum atomic E-state index is -5.70. The van der Waals surface area contributed by atoms with Gasteiger partial charge in [-0.05, 0) is 6.42 Å². The van der Waals surface area contributed by atoms with Gasteiger partial charge in [0.05, 0.1) is 12.9 Å². The first-order valence-electron chi connectivity index (χ1n) is 9.94. The molecule has 2 aromatic heterocycles. The van der Waals surface area contributed by atoms with E-state index < -0.39 is 54.6 Å². The van der Waals surface area contributed by atoms with Crippen LogP contribution in [-0.4, -0.2) is 80.8 Å². The lowest BCUT2D eigenvalue weighted by Gasteiger charge is -2.19. The van der Waals surface area contributed by atoms with E-state index in [1.807, 2.05) is 6.92 Å². The Bertz CT molecular complexity index is 1170. The first kappa shape index (κ1) is 28.2. The Labute approximate surface area is 197 Å². The van der Waals surface area contributed by atoms with Gasteiger partial charge in [-0.25, -0.2) is 28.6 Å². The molecule has 2 aromatic rings. The summed E-state index contributed by atoms with van der Waals surface area (Å²) in [6.45, 7) is 1.72. The number of phosphoric ester groups is 1. The molecule has 1 aliphatic heterocycles. The van der Waals surface area contributed by atoms with Crippen molar-refractivity contribution in [3.63, 3.8) is 0 Å². The van der Waals surface area contributed by atoms with Crippen molar-refractivity contribution in [1.82, 2.24) is 19.5 Å². The summed E-state index contributed by atoms with van der Waals surface area (Å²) in [4.78, 5) is 48.3. The van der Waals surface area contributed by atoms with Crippen LogP contribution in [0.3, 0.4) is 0 Å². The summed E-state index contributed by atoms with van der Waals surface area (Å²) in [6.07, 6.45) is -1.54. The van der Waals surface area contributed by atoms with Gasteiger partial charge in [-0.3, -0.25) is 9.09 Å². The highest BCUT2D eigenvalue weighted by molar-refractivity contribution is 7.66. The first-order chi connectivity index (χ1) is 16.2. The molecule has 1 saturated heterocycles. The van der Waals surface area contributed by atoms with Gasteiger partial charge >= 0.3 is 23.5 Å². The molecule has 7 N–H and O–H groups in total. The van der Waals surface area contributed by atoms with Gasteiger partial charge in [0.1, 0.15) is 24.6 Å². The molecule has 0 aromatic carbocycles. The van der Waals surface area contributed by atoms with Gasteiger partial charge in [-0.1, -0.05) is 13.3 Å². The predicted molar refractivity (Wildman–Crippen MR) is 114 cm³/mol. The van der Waals surface area contributed by atoms with Gasteiger partial charge in [0.2, 0.25) is 0 Å². The van der Waals surface area contributed by atoms with E-state index in [1.54, 1.807) is 0 Å². The number of aromatic nitrogens is 4. The van der Waals surface area contributed by atoms with Crippen molar-refractivity contribution in [3.8, 4) is 0 Å². The Balaban J connectivity index is 1.69. The van der Waals surface area contributed by atoms with E-state index in [2.05, 4.69) is 33.4 Å². The Morgan fingerprint density at radius 3 is 2.43 bits per heavy atom. The second-order valence-electron chi connectivity index (χ2n) is 7.26. The van der Waals surface area contributed by atoms with Crippen LogP contribution < -0.4 is 5.32 Å². The zero-order valence-corrected chi connectivity index (χ0v) is 20.6. The maximum Gasteiger partial charge on any atom is 0.490 e. The number of phosphoric acid groups is 3. The number of ether oxygens (including phenoxy) is 1. The van der Waals surface area contributed by atoms with Crippen LogP contribution in [0.1, 0.15) is 26.0 Å². The standard InChI is InChI=1S/C14H24N5O13P3/c1-2-3-4-15-12-9-13(17-6-16-12)19(7-18-9)14-11(21)10(20)8(30-14)5-29-34(25,26)32-35(27,28)31-33(22,23)24/h6-8,10-11,14,20-21H,2-5H2,1H3,(H,25,26)(H,27,28)(H,15,16,17)(H2,22,23,24)/t8-,10-,11-,14-/m1/s1. The lowest BCUT2D eigenvalue weighted by Crippen LogP contribution is -2.33. The fourth-order valence-electron chi connectivity index (χ4n) is 3.12. The molecule has 21 heteroatoms. The highest BCUT2D eigenvalue weighted by atomic mass is 31.3. The monoisotopic (exact) mass is 563 g/mol. The van der Waals surface area contributed by atoms with E-state index in [9.17, 15) is 33.7 Å². The summed E-state index contributed by atoms with van der Waals surface area (Å²) in [5.74, 6) is 0.444. The quantitative estimate of drug-likeness (QED) is 0.132. The minimum Gasteiger partial charge on any atom is -0.387 e. The highest BCUT2D eigenvalue weighted by Crippen LogP contribution is 2.66. The number of nitrogens with one attached hydrogen (secondary N) is 1. The summed E-state index contributed by atoms with van der Waals surface area (Å²) in [7, 11) is -16.7. The van der Waals surface area contributed by atoms with Crippen LogP contribution in [0, 0.1) is 0 Å². The van der Waals surface area contributed by atoms with E-state index in [4.69, 9.17) is 14.5 Å². The molecule has 0 spiro atoms. The van der Waals surface area contributed by atoms with Crippen molar-refractivity contribution < 1.29 is 61.4 Å². The van der Waals surface area contributed by atoms with Crippen molar-refractivity contribution in [2.24, 2.45) is 0 Å². The van der Waals surface area contributed by atoms with E-state index in [-0.39, 0.29) is 5.65 Å². The molecule has 2 unspecified atom stereocenters. The van der Waals surface area contributed by atoms with E-state index in [0.29, 0.717) is 17.9 Å². The van der Waals surface area contributed by atoms with Gasteiger partial charge in [0, 0.05) is 6.54 Å². The molecule has 35 heavy (non-hydrogen) atoms. The fraction of sp³-hybridized carbons (Fsp3) is 0.643. The third kappa shape index (κ3) is 7.33. The van der Waals surface area contributed by atoms with Crippen LogP contribution in [0.25, 0.3) is 11.2 Å². The van der Waals surface area contributed by atoms with Crippen molar-refractivity contribution >= 4 is 40.4 Å². The summed E-state index contributed by atoms with van der Waals surface area (Å²) in [5.41, 5.74) is 0.620. The molecule has 0 bridgehead atoms. The molecule has 0 radical (unpaired) electrons. The number of hydrogen-bond donors (Lipinski definition) is 7. The smallest absolute Gasteiger partial charge is 0.387 e. The Morgan fingerprint density at radius 1 is 1.06 bits per heavy atom. The zero-order chi connectivity index (χ0) is 26.0. The van der Waals surface area contributed by atoms with Crippen LogP contribution in [0.5, 0.6) is 0 Å². The molecule has 3 rings (SSSR count). The third-order valence-corrected chi connectivity index (χ3v) is 8.41. The summed E-state index contributed by atoms with van der Waals surface area (Å²) >= 11 is 0.